The number of carbonyl (C=O) groups excluding carboxylic acids is 2. The summed E-state index contributed by atoms with van der Waals surface area (Å²) in [7, 11) is -1.02. The summed E-state index contributed by atoms with van der Waals surface area (Å²) >= 11 is 3.63. The fraction of sp³-hybridized carbons (Fsp3) is 0.420. The van der Waals surface area contributed by atoms with Gasteiger partial charge in [0.05, 0.1) is 28.5 Å². The number of aryl methyl sites for hydroxylation is 3. The predicted molar refractivity (Wildman–Crippen MR) is 269 cm³/mol. The van der Waals surface area contributed by atoms with Crippen molar-refractivity contribution >= 4 is 90.8 Å². The molecule has 0 bridgehead atoms. The molecule has 0 radical (unpaired) electrons. The topological polar surface area (TPSA) is 150 Å². The Bertz CT molecular complexity index is 2860. The maximum atomic E-state index is 13.7. The van der Waals surface area contributed by atoms with Gasteiger partial charge in [0.15, 0.2) is 0 Å². The van der Waals surface area contributed by atoms with Crippen molar-refractivity contribution in [3.05, 3.63) is 93.8 Å². The Kier molecular flexibility index (Phi) is 13.3. The van der Waals surface area contributed by atoms with E-state index in [1.54, 1.807) is 26.6 Å². The van der Waals surface area contributed by atoms with Gasteiger partial charge in [-0.15, -0.1) is 0 Å². The number of rotatable bonds is 13. The van der Waals surface area contributed by atoms with Gasteiger partial charge in [0.25, 0.3) is 0 Å². The Balaban J connectivity index is 0.815. The second-order valence-electron chi connectivity index (χ2n) is 18.4. The van der Waals surface area contributed by atoms with Crippen LogP contribution in [0.15, 0.2) is 71.5 Å². The van der Waals surface area contributed by atoms with Gasteiger partial charge in [-0.2, -0.15) is 4.98 Å². The van der Waals surface area contributed by atoms with Crippen LogP contribution in [0.4, 0.5) is 28.8 Å². The number of pyridine rings is 1. The van der Waals surface area contributed by atoms with Crippen LogP contribution in [0.5, 0.6) is 5.75 Å². The number of amides is 2. The number of piperazine rings is 1. The van der Waals surface area contributed by atoms with Crippen molar-refractivity contribution in [2.45, 2.75) is 71.4 Å². The van der Waals surface area contributed by atoms with E-state index in [1.165, 1.54) is 27.8 Å². The number of imide groups is 1. The summed E-state index contributed by atoms with van der Waals surface area (Å²) in [4.78, 5) is 46.5. The molecule has 1 atom stereocenters. The van der Waals surface area contributed by atoms with Crippen LogP contribution in [0.25, 0.3) is 21.8 Å². The molecule has 2 amide bonds. The van der Waals surface area contributed by atoms with Crippen molar-refractivity contribution in [1.29, 1.82) is 0 Å². The number of piperidine rings is 2. The van der Waals surface area contributed by atoms with Crippen molar-refractivity contribution < 1.29 is 18.9 Å². The molecular weight excluding hydrogens is 915 g/mol. The standard InChI is InChI=1S/C50H60BrN10O4P/c1-7-33-27-40(55-50-52-29-37(51)48(57-50)54-39-14-13-38-36(12-11-32(3)53-38)47(39)66(5,6)64)44(65-4)28-43(33)60-21-18-35(19-22-60)59-25-23-58(24-26-59)20-17-34-9-8-10-41-46(34)31(2)30-61(41)42-15-16-45(62)56-49(42)63/h8-14,27-30,35,42H,7,15-26H2,1-6H3,(H,56,62,63)(H2,52,54,55,57). The number of fused-ring (bicyclic) bond motifs is 2. The van der Waals surface area contributed by atoms with Crippen LogP contribution in [-0.2, 0) is 27.0 Å². The predicted octanol–water partition coefficient (Wildman–Crippen LogP) is 8.47. The molecule has 3 aliphatic rings. The fourth-order valence-electron chi connectivity index (χ4n) is 10.3. The van der Waals surface area contributed by atoms with E-state index in [-0.39, 0.29) is 17.9 Å². The van der Waals surface area contributed by atoms with E-state index in [0.29, 0.717) is 40.8 Å². The quantitative estimate of drug-likeness (QED) is 0.0753. The van der Waals surface area contributed by atoms with Crippen LogP contribution >= 0.6 is 23.1 Å². The van der Waals surface area contributed by atoms with Gasteiger partial charge in [0, 0.05) is 110 Å². The molecule has 1 unspecified atom stereocenters. The number of nitrogens with zero attached hydrogens (tertiary/aromatic N) is 7. The Morgan fingerprint density at radius 1 is 0.909 bits per heavy atom. The van der Waals surface area contributed by atoms with E-state index in [4.69, 9.17) is 9.72 Å². The lowest BCUT2D eigenvalue weighted by atomic mass is 9.99. The number of methoxy groups -OCH3 is 1. The SMILES string of the molecule is CCc1cc(Nc2ncc(Br)c(Nc3ccc4nc(C)ccc4c3P(C)(C)=O)n2)c(OC)cc1N1CCC(N2CCN(CCc3cccc4c3c(C)cn4C3CCC(=O)NC3=O)CC2)CC1. The molecule has 346 valence electrons. The Labute approximate surface area is 395 Å². The zero-order chi connectivity index (χ0) is 46.3. The van der Waals surface area contributed by atoms with E-state index >= 15 is 0 Å². The second kappa shape index (κ2) is 19.1. The minimum Gasteiger partial charge on any atom is -0.494 e. The van der Waals surface area contributed by atoms with Gasteiger partial charge in [-0.25, -0.2) is 4.98 Å². The number of anilines is 5. The van der Waals surface area contributed by atoms with E-state index in [1.807, 2.05) is 31.2 Å². The molecule has 0 saturated carbocycles. The minimum atomic E-state index is -2.72. The molecule has 3 aromatic heterocycles. The number of nitrogens with one attached hydrogen (secondary N) is 3. The number of hydrogen-bond donors (Lipinski definition) is 3. The molecule has 6 aromatic rings. The van der Waals surface area contributed by atoms with Gasteiger partial charge < -0.3 is 34.3 Å². The highest BCUT2D eigenvalue weighted by atomic mass is 79.9. The lowest BCUT2D eigenvalue weighted by Gasteiger charge is -2.43. The van der Waals surface area contributed by atoms with Gasteiger partial charge in [0.1, 0.15) is 24.8 Å². The largest absolute Gasteiger partial charge is 0.494 e. The molecule has 0 aliphatic carbocycles. The van der Waals surface area contributed by atoms with Gasteiger partial charge in [0.2, 0.25) is 17.8 Å². The van der Waals surface area contributed by atoms with Crippen LogP contribution < -0.4 is 30.9 Å². The normalized spacial score (nSPS) is 18.0. The van der Waals surface area contributed by atoms with Crippen LogP contribution in [0, 0.1) is 13.8 Å². The molecule has 6 heterocycles. The van der Waals surface area contributed by atoms with Crippen LogP contribution in [-0.4, -0.2) is 113 Å². The van der Waals surface area contributed by atoms with Gasteiger partial charge in [-0.3, -0.25) is 24.8 Å². The maximum absolute atomic E-state index is 13.7. The van der Waals surface area contributed by atoms with Crippen LogP contribution in [0.2, 0.25) is 0 Å². The van der Waals surface area contributed by atoms with Crippen molar-refractivity contribution in [1.82, 2.24) is 34.6 Å². The number of hydrogen-bond acceptors (Lipinski definition) is 12. The molecular formula is C50H60BrN10O4P. The van der Waals surface area contributed by atoms with Gasteiger partial charge in [-0.1, -0.05) is 25.1 Å². The molecule has 9 rings (SSSR count). The summed E-state index contributed by atoms with van der Waals surface area (Å²) in [5, 5.41) is 12.2. The number of halogens is 1. The molecule has 3 fully saturated rings. The van der Waals surface area contributed by atoms with Crippen molar-refractivity contribution in [3.8, 4) is 5.75 Å². The molecule has 66 heavy (non-hydrogen) atoms. The molecule has 0 spiro atoms. The third-order valence-corrected chi connectivity index (χ3v) is 15.8. The van der Waals surface area contributed by atoms with Gasteiger partial charge in [-0.05, 0) is 122 Å². The first-order valence-electron chi connectivity index (χ1n) is 23.2. The van der Waals surface area contributed by atoms with E-state index in [9.17, 15) is 14.2 Å². The summed E-state index contributed by atoms with van der Waals surface area (Å²) in [5.74, 6) is 1.27. The lowest BCUT2D eigenvalue weighted by molar-refractivity contribution is -0.135. The average Bonchev–Trinajstić information content (AvgIpc) is 3.65. The summed E-state index contributed by atoms with van der Waals surface area (Å²) in [6.07, 6.45) is 8.73. The molecule has 3 saturated heterocycles. The highest BCUT2D eigenvalue weighted by molar-refractivity contribution is 9.10. The number of ether oxygens (including phenoxy) is 1. The molecule has 14 nitrogen and oxygen atoms in total. The summed E-state index contributed by atoms with van der Waals surface area (Å²) in [6, 6.07) is 18.8. The highest BCUT2D eigenvalue weighted by Crippen LogP contribution is 2.42. The summed E-state index contributed by atoms with van der Waals surface area (Å²) in [6.45, 7) is 17.0. The Morgan fingerprint density at radius 2 is 1.70 bits per heavy atom. The molecule has 3 aromatic carbocycles. The van der Waals surface area contributed by atoms with Crippen LogP contribution in [0.3, 0.4) is 0 Å². The van der Waals surface area contributed by atoms with Crippen molar-refractivity contribution in [2.24, 2.45) is 0 Å². The zero-order valence-corrected chi connectivity index (χ0v) is 41.3. The maximum Gasteiger partial charge on any atom is 0.249 e. The molecule has 3 aliphatic heterocycles. The van der Waals surface area contributed by atoms with E-state index in [2.05, 4.69) is 111 Å². The minimum absolute atomic E-state index is 0.188. The van der Waals surface area contributed by atoms with Crippen LogP contribution in [0.1, 0.15) is 61.0 Å². The first-order chi connectivity index (χ1) is 31.8. The average molecular weight is 976 g/mol. The van der Waals surface area contributed by atoms with Crippen molar-refractivity contribution in [2.75, 3.05) is 81.8 Å². The highest BCUT2D eigenvalue weighted by Gasteiger charge is 2.31. The zero-order valence-electron chi connectivity index (χ0n) is 38.8. The second-order valence-corrected chi connectivity index (χ2v) is 22.4. The third-order valence-electron chi connectivity index (χ3n) is 13.7. The third kappa shape index (κ3) is 9.45. The van der Waals surface area contributed by atoms with Gasteiger partial charge >= 0.3 is 0 Å². The van der Waals surface area contributed by atoms with Crippen molar-refractivity contribution in [3.63, 3.8) is 0 Å². The fourth-order valence-corrected chi connectivity index (χ4v) is 12.1. The monoisotopic (exact) mass is 974 g/mol. The number of aromatic nitrogens is 4. The Hall–Kier alpha value is -5.34. The smallest absolute Gasteiger partial charge is 0.249 e. The Morgan fingerprint density at radius 3 is 2.42 bits per heavy atom. The van der Waals surface area contributed by atoms with E-state index < -0.39 is 7.14 Å². The summed E-state index contributed by atoms with van der Waals surface area (Å²) in [5.41, 5.74) is 9.20. The first-order valence-corrected chi connectivity index (χ1v) is 26.5. The molecule has 16 heteroatoms. The lowest BCUT2D eigenvalue weighted by Crippen LogP contribution is -2.53. The molecule has 3 N–H and O–H groups in total. The number of carbonyl (C=O) groups is 2. The first kappa shape index (κ1) is 45.8. The summed E-state index contributed by atoms with van der Waals surface area (Å²) < 4.78 is 22.4. The van der Waals surface area contributed by atoms with E-state index in [0.717, 1.165) is 110 Å². The number of benzene rings is 3.